The van der Waals surface area contributed by atoms with Crippen LogP contribution in [0.2, 0.25) is 0 Å². The summed E-state index contributed by atoms with van der Waals surface area (Å²) >= 11 is 0. The summed E-state index contributed by atoms with van der Waals surface area (Å²) in [5, 5.41) is 21.6. The van der Waals surface area contributed by atoms with E-state index in [0.717, 1.165) is 52.7 Å². The molecule has 0 fully saturated rings. The summed E-state index contributed by atoms with van der Waals surface area (Å²) < 4.78 is 0. The molecule has 0 bridgehead atoms. The largest absolute Gasteiger partial charge is 0.378 e. The fraction of sp³-hybridized carbons (Fsp3) is 0.154. The minimum Gasteiger partial charge on any atom is -0.378 e. The molecule has 1 aliphatic carbocycles. The number of nitrogens with zero attached hydrogens (tertiary/aromatic N) is 2. The number of nitrogens with one attached hydrogen (secondary N) is 2. The predicted octanol–water partition coefficient (Wildman–Crippen LogP) is 6.09. The van der Waals surface area contributed by atoms with Crippen LogP contribution in [-0.4, -0.2) is 10.2 Å². The smallest absolute Gasteiger partial charge is 0.0991 e. The van der Waals surface area contributed by atoms with Gasteiger partial charge in [0.05, 0.1) is 28.9 Å². The Morgan fingerprint density at radius 1 is 1.03 bits per heavy atom. The molecular formula is C26H22N4. The van der Waals surface area contributed by atoms with Gasteiger partial charge in [-0.2, -0.15) is 10.4 Å². The molecule has 4 aromatic rings. The van der Waals surface area contributed by atoms with Crippen LogP contribution < -0.4 is 5.32 Å². The van der Waals surface area contributed by atoms with Gasteiger partial charge >= 0.3 is 0 Å². The van der Waals surface area contributed by atoms with E-state index in [1.54, 1.807) is 0 Å². The van der Waals surface area contributed by atoms with Crippen molar-refractivity contribution < 1.29 is 0 Å². The predicted molar refractivity (Wildman–Crippen MR) is 122 cm³/mol. The number of aryl methyl sites for hydroxylation is 1. The maximum Gasteiger partial charge on any atom is 0.0991 e. The number of benzene rings is 3. The van der Waals surface area contributed by atoms with Crippen molar-refractivity contribution in [3.05, 3.63) is 94.7 Å². The first-order valence-electron chi connectivity index (χ1n) is 10.3. The fourth-order valence-electron chi connectivity index (χ4n) is 4.23. The van der Waals surface area contributed by atoms with E-state index >= 15 is 0 Å². The molecule has 0 saturated heterocycles. The third kappa shape index (κ3) is 3.58. The lowest BCUT2D eigenvalue weighted by atomic mass is 9.86. The molecule has 4 nitrogen and oxygen atoms in total. The van der Waals surface area contributed by atoms with Gasteiger partial charge < -0.3 is 5.32 Å². The Kier molecular flexibility index (Phi) is 4.78. The molecule has 2 N–H and O–H groups in total. The van der Waals surface area contributed by atoms with Crippen LogP contribution in [0.25, 0.3) is 23.1 Å². The molecule has 1 aromatic heterocycles. The molecule has 0 amide bonds. The third-order valence-corrected chi connectivity index (χ3v) is 5.75. The normalized spacial score (nSPS) is 15.8. The Balaban J connectivity index is 1.43. The van der Waals surface area contributed by atoms with Gasteiger partial charge in [0.1, 0.15) is 0 Å². The standard InChI is InChI=1S/C26H22N4/c27-17-19-9-12-22-20(15-19)7-4-8-24(22)28-21-11-14-26-23(16-21)25(29-30-26)13-10-18-5-2-1-3-6-18/h1-3,5-6,9-16,24,28H,4,7-8H2,(H,29,30)/b13-10+/t24-/m0/s1. The Morgan fingerprint density at radius 2 is 1.93 bits per heavy atom. The van der Waals surface area contributed by atoms with Gasteiger partial charge in [-0.3, -0.25) is 5.10 Å². The van der Waals surface area contributed by atoms with Gasteiger partial charge in [-0.15, -0.1) is 0 Å². The molecule has 146 valence electrons. The zero-order valence-electron chi connectivity index (χ0n) is 16.6. The highest BCUT2D eigenvalue weighted by Gasteiger charge is 2.20. The fourth-order valence-corrected chi connectivity index (χ4v) is 4.23. The monoisotopic (exact) mass is 390 g/mol. The molecule has 0 radical (unpaired) electrons. The van der Waals surface area contributed by atoms with Crippen LogP contribution in [0.1, 0.15) is 46.8 Å². The zero-order valence-corrected chi connectivity index (χ0v) is 16.6. The number of fused-ring (bicyclic) bond motifs is 2. The summed E-state index contributed by atoms with van der Waals surface area (Å²) in [5.74, 6) is 0. The molecule has 1 atom stereocenters. The highest BCUT2D eigenvalue weighted by Crippen LogP contribution is 2.34. The van der Waals surface area contributed by atoms with Crippen LogP contribution in [0.15, 0.2) is 66.7 Å². The van der Waals surface area contributed by atoms with Gasteiger partial charge in [0, 0.05) is 11.1 Å². The van der Waals surface area contributed by atoms with Crippen LogP contribution in [0.3, 0.4) is 0 Å². The quantitative estimate of drug-likeness (QED) is 0.443. The van der Waals surface area contributed by atoms with Crippen LogP contribution in [-0.2, 0) is 6.42 Å². The molecule has 1 aliphatic rings. The number of anilines is 1. The van der Waals surface area contributed by atoms with Gasteiger partial charge in [0.15, 0.2) is 0 Å². The van der Waals surface area contributed by atoms with E-state index in [4.69, 9.17) is 0 Å². The number of hydrogen-bond donors (Lipinski definition) is 2. The first-order chi connectivity index (χ1) is 14.8. The summed E-state index contributed by atoms with van der Waals surface area (Å²) in [7, 11) is 0. The van der Waals surface area contributed by atoms with E-state index in [1.165, 1.54) is 11.1 Å². The number of aromatic amines is 1. The van der Waals surface area contributed by atoms with Gasteiger partial charge in [0.25, 0.3) is 0 Å². The van der Waals surface area contributed by atoms with Crippen molar-refractivity contribution in [2.24, 2.45) is 0 Å². The summed E-state index contributed by atoms with van der Waals surface area (Å²) in [4.78, 5) is 0. The van der Waals surface area contributed by atoms with Gasteiger partial charge in [-0.1, -0.05) is 42.5 Å². The second kappa shape index (κ2) is 7.88. The van der Waals surface area contributed by atoms with Gasteiger partial charge in [-0.25, -0.2) is 0 Å². The molecule has 5 rings (SSSR count). The summed E-state index contributed by atoms with van der Waals surface area (Å²) in [6, 6.07) is 25.2. The Hall–Kier alpha value is -3.84. The lowest BCUT2D eigenvalue weighted by Crippen LogP contribution is -2.17. The van der Waals surface area contributed by atoms with Crippen molar-refractivity contribution in [2.45, 2.75) is 25.3 Å². The van der Waals surface area contributed by atoms with E-state index in [9.17, 15) is 5.26 Å². The summed E-state index contributed by atoms with van der Waals surface area (Å²) in [5.41, 5.74) is 7.52. The molecule has 0 spiro atoms. The van der Waals surface area contributed by atoms with Crippen LogP contribution >= 0.6 is 0 Å². The van der Waals surface area contributed by atoms with Crippen molar-refractivity contribution >= 4 is 28.7 Å². The van der Waals surface area contributed by atoms with Crippen molar-refractivity contribution in [1.29, 1.82) is 5.26 Å². The van der Waals surface area contributed by atoms with Crippen molar-refractivity contribution in [1.82, 2.24) is 10.2 Å². The number of H-pyrrole nitrogens is 1. The molecule has 0 unspecified atom stereocenters. The number of rotatable bonds is 4. The molecule has 0 saturated carbocycles. The van der Waals surface area contributed by atoms with Gasteiger partial charge in [-0.05, 0) is 72.4 Å². The number of nitriles is 1. The number of aromatic nitrogens is 2. The van der Waals surface area contributed by atoms with E-state index in [2.05, 4.69) is 70.1 Å². The SMILES string of the molecule is N#Cc1ccc2c(c1)CCC[C@@H]2Nc1ccc2[nH]nc(/C=C/c3ccccc3)c2c1. The topological polar surface area (TPSA) is 64.5 Å². The van der Waals surface area contributed by atoms with E-state index in [0.29, 0.717) is 0 Å². The van der Waals surface area contributed by atoms with Crippen LogP contribution in [0.4, 0.5) is 5.69 Å². The van der Waals surface area contributed by atoms with Crippen molar-refractivity contribution in [2.75, 3.05) is 5.32 Å². The number of hydrogen-bond acceptors (Lipinski definition) is 3. The van der Waals surface area contributed by atoms with E-state index in [1.807, 2.05) is 30.3 Å². The van der Waals surface area contributed by atoms with E-state index in [-0.39, 0.29) is 6.04 Å². The molecular weight excluding hydrogens is 368 g/mol. The minimum atomic E-state index is 0.258. The van der Waals surface area contributed by atoms with Crippen LogP contribution in [0, 0.1) is 11.3 Å². The second-order valence-corrected chi connectivity index (χ2v) is 7.73. The highest BCUT2D eigenvalue weighted by molar-refractivity contribution is 5.91. The molecule has 30 heavy (non-hydrogen) atoms. The molecule has 0 aliphatic heterocycles. The second-order valence-electron chi connectivity index (χ2n) is 7.73. The third-order valence-electron chi connectivity index (χ3n) is 5.75. The van der Waals surface area contributed by atoms with Crippen LogP contribution in [0.5, 0.6) is 0 Å². The zero-order chi connectivity index (χ0) is 20.3. The summed E-state index contributed by atoms with van der Waals surface area (Å²) in [6.45, 7) is 0. The lowest BCUT2D eigenvalue weighted by Gasteiger charge is -2.27. The average Bonchev–Trinajstić information content (AvgIpc) is 3.20. The average molecular weight is 390 g/mol. The molecule has 3 aromatic carbocycles. The van der Waals surface area contributed by atoms with Gasteiger partial charge in [0.2, 0.25) is 0 Å². The Morgan fingerprint density at radius 3 is 2.80 bits per heavy atom. The highest BCUT2D eigenvalue weighted by atomic mass is 15.1. The maximum atomic E-state index is 9.18. The van der Waals surface area contributed by atoms with Crippen molar-refractivity contribution in [3.63, 3.8) is 0 Å². The lowest BCUT2D eigenvalue weighted by molar-refractivity contribution is 0.600. The molecule has 1 heterocycles. The first-order valence-corrected chi connectivity index (χ1v) is 10.3. The van der Waals surface area contributed by atoms with Crippen molar-refractivity contribution in [3.8, 4) is 6.07 Å². The molecule has 4 heteroatoms. The first kappa shape index (κ1) is 18.2. The van der Waals surface area contributed by atoms with E-state index < -0.39 is 0 Å². The summed E-state index contributed by atoms with van der Waals surface area (Å²) in [6.07, 6.45) is 7.39. The minimum absolute atomic E-state index is 0.258. The maximum absolute atomic E-state index is 9.18. The Bertz CT molecular complexity index is 1260. The Labute approximate surface area is 175 Å².